The van der Waals surface area contributed by atoms with Gasteiger partial charge in [0.25, 0.3) is 5.56 Å². The third-order valence-corrected chi connectivity index (χ3v) is 3.30. The van der Waals surface area contributed by atoms with Gasteiger partial charge < -0.3 is 10.4 Å². The standard InChI is InChI=1S/C17H13N3O/c18-10-15-16(19-11-20-17(15)21)14-8-6-13(7-9-14)12-4-2-1-3-5-12/h1-11,18H,(H,19,20,21). The van der Waals surface area contributed by atoms with Crippen LogP contribution in [0.15, 0.2) is 65.7 Å². The monoisotopic (exact) mass is 275 g/mol. The molecule has 0 unspecified atom stereocenters. The molecule has 102 valence electrons. The van der Waals surface area contributed by atoms with Crippen molar-refractivity contribution in [3.8, 4) is 22.4 Å². The van der Waals surface area contributed by atoms with Crippen LogP contribution in [0.4, 0.5) is 0 Å². The van der Waals surface area contributed by atoms with E-state index in [0.717, 1.165) is 22.9 Å². The van der Waals surface area contributed by atoms with Gasteiger partial charge in [-0.3, -0.25) is 4.79 Å². The van der Waals surface area contributed by atoms with E-state index in [0.29, 0.717) is 5.69 Å². The summed E-state index contributed by atoms with van der Waals surface area (Å²) in [6.45, 7) is 0. The van der Waals surface area contributed by atoms with Crippen molar-refractivity contribution in [1.82, 2.24) is 9.97 Å². The molecule has 1 heterocycles. The first kappa shape index (κ1) is 13.0. The number of nitrogens with zero attached hydrogens (tertiary/aromatic N) is 1. The summed E-state index contributed by atoms with van der Waals surface area (Å²) < 4.78 is 0. The maximum absolute atomic E-state index is 11.7. The van der Waals surface area contributed by atoms with Crippen molar-refractivity contribution in [2.45, 2.75) is 0 Å². The second kappa shape index (κ2) is 5.54. The highest BCUT2D eigenvalue weighted by Gasteiger charge is 2.08. The van der Waals surface area contributed by atoms with E-state index in [4.69, 9.17) is 5.41 Å². The smallest absolute Gasteiger partial charge is 0.260 e. The Bertz CT molecular complexity index is 821. The van der Waals surface area contributed by atoms with E-state index in [1.54, 1.807) is 0 Å². The zero-order chi connectivity index (χ0) is 14.7. The minimum absolute atomic E-state index is 0.268. The van der Waals surface area contributed by atoms with Gasteiger partial charge in [0.05, 0.1) is 17.6 Å². The van der Waals surface area contributed by atoms with Crippen molar-refractivity contribution in [2.24, 2.45) is 0 Å². The molecule has 0 saturated carbocycles. The summed E-state index contributed by atoms with van der Waals surface area (Å²) in [5.74, 6) is 0. The summed E-state index contributed by atoms with van der Waals surface area (Å²) in [7, 11) is 0. The van der Waals surface area contributed by atoms with Gasteiger partial charge in [-0.2, -0.15) is 0 Å². The minimum Gasteiger partial charge on any atom is -0.313 e. The van der Waals surface area contributed by atoms with Crippen LogP contribution >= 0.6 is 0 Å². The molecule has 0 fully saturated rings. The van der Waals surface area contributed by atoms with E-state index in [-0.39, 0.29) is 11.1 Å². The van der Waals surface area contributed by atoms with Gasteiger partial charge in [0.2, 0.25) is 0 Å². The van der Waals surface area contributed by atoms with Crippen molar-refractivity contribution in [2.75, 3.05) is 0 Å². The summed E-state index contributed by atoms with van der Waals surface area (Å²) in [6.07, 6.45) is 2.39. The average Bonchev–Trinajstić information content (AvgIpc) is 2.55. The van der Waals surface area contributed by atoms with Crippen molar-refractivity contribution < 1.29 is 0 Å². The third-order valence-electron chi connectivity index (χ3n) is 3.30. The van der Waals surface area contributed by atoms with Crippen LogP contribution in [0.2, 0.25) is 0 Å². The van der Waals surface area contributed by atoms with Gasteiger partial charge in [-0.15, -0.1) is 0 Å². The number of H-pyrrole nitrogens is 1. The summed E-state index contributed by atoms with van der Waals surface area (Å²) in [4.78, 5) is 18.3. The van der Waals surface area contributed by atoms with Crippen LogP contribution < -0.4 is 5.56 Å². The lowest BCUT2D eigenvalue weighted by Crippen LogP contribution is -2.14. The van der Waals surface area contributed by atoms with Crippen LogP contribution in [0.25, 0.3) is 22.4 Å². The van der Waals surface area contributed by atoms with Crippen molar-refractivity contribution in [3.63, 3.8) is 0 Å². The molecule has 0 aliphatic rings. The zero-order valence-corrected chi connectivity index (χ0v) is 11.2. The summed E-state index contributed by atoms with van der Waals surface area (Å²) in [6, 6.07) is 17.9. The molecule has 0 radical (unpaired) electrons. The van der Waals surface area contributed by atoms with Crippen LogP contribution in [0, 0.1) is 5.41 Å². The lowest BCUT2D eigenvalue weighted by molar-refractivity contribution is 1.11. The first-order valence-electron chi connectivity index (χ1n) is 6.53. The molecule has 0 bridgehead atoms. The maximum Gasteiger partial charge on any atom is 0.260 e. The molecule has 4 nitrogen and oxygen atoms in total. The SMILES string of the molecule is N=Cc1c(-c2ccc(-c3ccccc3)cc2)nc[nH]c1=O. The molecule has 2 N–H and O–H groups in total. The minimum atomic E-state index is -0.304. The highest BCUT2D eigenvalue weighted by molar-refractivity contribution is 5.86. The van der Waals surface area contributed by atoms with Gasteiger partial charge in [-0.1, -0.05) is 54.6 Å². The van der Waals surface area contributed by atoms with E-state index in [1.807, 2.05) is 54.6 Å². The van der Waals surface area contributed by atoms with Gasteiger partial charge in [0.1, 0.15) is 0 Å². The Hall–Kier alpha value is -3.01. The Morgan fingerprint density at radius 3 is 2.19 bits per heavy atom. The molecule has 0 amide bonds. The first-order valence-corrected chi connectivity index (χ1v) is 6.53. The number of nitrogens with one attached hydrogen (secondary N) is 2. The summed E-state index contributed by atoms with van der Waals surface area (Å²) in [5.41, 5.74) is 3.54. The van der Waals surface area contributed by atoms with Crippen LogP contribution in [-0.4, -0.2) is 16.2 Å². The van der Waals surface area contributed by atoms with Crippen LogP contribution in [0.5, 0.6) is 0 Å². The van der Waals surface area contributed by atoms with E-state index in [9.17, 15) is 4.79 Å². The molecule has 0 aliphatic carbocycles. The summed E-state index contributed by atoms with van der Waals surface area (Å²) >= 11 is 0. The predicted molar refractivity (Wildman–Crippen MR) is 83.6 cm³/mol. The van der Waals surface area contributed by atoms with Gasteiger partial charge in [-0.05, 0) is 11.1 Å². The largest absolute Gasteiger partial charge is 0.313 e. The number of hydrogen-bond donors (Lipinski definition) is 2. The van der Waals surface area contributed by atoms with Gasteiger partial charge in [-0.25, -0.2) is 4.98 Å². The molecular formula is C17H13N3O. The van der Waals surface area contributed by atoms with Gasteiger partial charge in [0, 0.05) is 11.8 Å². The highest BCUT2D eigenvalue weighted by Crippen LogP contribution is 2.24. The predicted octanol–water partition coefficient (Wildman–Crippen LogP) is 3.10. The molecular weight excluding hydrogens is 262 g/mol. The molecule has 0 spiro atoms. The molecule has 21 heavy (non-hydrogen) atoms. The lowest BCUT2D eigenvalue weighted by atomic mass is 10.0. The van der Waals surface area contributed by atoms with Crippen molar-refractivity contribution in [3.05, 3.63) is 76.8 Å². The molecule has 2 aromatic carbocycles. The number of hydrogen-bond acceptors (Lipinski definition) is 3. The van der Waals surface area contributed by atoms with E-state index < -0.39 is 0 Å². The average molecular weight is 275 g/mol. The Morgan fingerprint density at radius 1 is 0.905 bits per heavy atom. The Labute approximate surface area is 121 Å². The molecule has 1 aromatic heterocycles. The Kier molecular flexibility index (Phi) is 3.43. The quantitative estimate of drug-likeness (QED) is 0.721. The van der Waals surface area contributed by atoms with Gasteiger partial charge in [0.15, 0.2) is 0 Å². The number of aromatic nitrogens is 2. The van der Waals surface area contributed by atoms with E-state index in [1.165, 1.54) is 6.33 Å². The van der Waals surface area contributed by atoms with Crippen molar-refractivity contribution >= 4 is 6.21 Å². The first-order chi connectivity index (χ1) is 10.3. The highest BCUT2D eigenvalue weighted by atomic mass is 16.1. The van der Waals surface area contributed by atoms with Crippen LogP contribution in [0.3, 0.4) is 0 Å². The van der Waals surface area contributed by atoms with Gasteiger partial charge >= 0.3 is 0 Å². The second-order valence-electron chi connectivity index (χ2n) is 4.58. The molecule has 3 rings (SSSR count). The Morgan fingerprint density at radius 2 is 1.52 bits per heavy atom. The summed E-state index contributed by atoms with van der Waals surface area (Å²) in [5, 5.41) is 7.37. The lowest BCUT2D eigenvalue weighted by Gasteiger charge is -2.06. The van der Waals surface area contributed by atoms with Crippen molar-refractivity contribution in [1.29, 1.82) is 5.41 Å². The molecule has 0 aliphatic heterocycles. The fraction of sp³-hybridized carbons (Fsp3) is 0. The fourth-order valence-corrected chi connectivity index (χ4v) is 2.23. The van der Waals surface area contributed by atoms with Crippen LogP contribution in [0.1, 0.15) is 5.56 Å². The number of benzene rings is 2. The molecule has 0 saturated heterocycles. The normalized spacial score (nSPS) is 10.3. The maximum atomic E-state index is 11.7. The zero-order valence-electron chi connectivity index (χ0n) is 11.2. The molecule has 0 atom stereocenters. The topological polar surface area (TPSA) is 69.6 Å². The number of rotatable bonds is 3. The molecule has 4 heteroatoms. The van der Waals surface area contributed by atoms with Crippen LogP contribution in [-0.2, 0) is 0 Å². The third kappa shape index (κ3) is 2.51. The number of aromatic amines is 1. The second-order valence-corrected chi connectivity index (χ2v) is 4.58. The van der Waals surface area contributed by atoms with E-state index >= 15 is 0 Å². The molecule has 3 aromatic rings. The Balaban J connectivity index is 2.05. The fourth-order valence-electron chi connectivity index (χ4n) is 2.23. The van der Waals surface area contributed by atoms with E-state index in [2.05, 4.69) is 9.97 Å².